The van der Waals surface area contributed by atoms with Gasteiger partial charge < -0.3 is 20.9 Å². The van der Waals surface area contributed by atoms with E-state index in [-0.39, 0.29) is 5.75 Å². The maximum atomic E-state index is 12.9. The van der Waals surface area contributed by atoms with Gasteiger partial charge in [-0.1, -0.05) is 0 Å². The molecule has 0 aliphatic carbocycles. The van der Waals surface area contributed by atoms with Crippen LogP contribution in [0.4, 0.5) is 13.2 Å². The predicted octanol–water partition coefficient (Wildman–Crippen LogP) is 1.14. The van der Waals surface area contributed by atoms with Gasteiger partial charge in [-0.25, -0.2) is 0 Å². The number of carbonyl (C=O) groups excluding carboxylic acids is 1. The quantitative estimate of drug-likeness (QED) is 0.642. The molecule has 6 nitrogen and oxygen atoms in total. The van der Waals surface area contributed by atoms with Crippen molar-refractivity contribution in [1.29, 1.82) is 0 Å². The zero-order chi connectivity index (χ0) is 15.5. The van der Waals surface area contributed by atoms with Gasteiger partial charge in [0.25, 0.3) is 5.91 Å². The number of aliphatic imine (C=N–C) groups is 1. The molecular weight excluding hydrogens is 279 g/mol. The topological polar surface area (TPSA) is 99.9 Å². The van der Waals surface area contributed by atoms with Gasteiger partial charge in [-0.15, -0.1) is 0 Å². The van der Waals surface area contributed by atoms with Crippen LogP contribution in [-0.2, 0) is 6.18 Å². The van der Waals surface area contributed by atoms with Crippen LogP contribution in [0.2, 0.25) is 0 Å². The summed E-state index contributed by atoms with van der Waals surface area (Å²) < 4.78 is 48.1. The third kappa shape index (κ3) is 3.11. The summed E-state index contributed by atoms with van der Waals surface area (Å²) in [6.07, 6.45) is -4.70. The molecule has 0 unspecified atom stereocenters. The highest BCUT2D eigenvalue weighted by Gasteiger charge is 2.37. The summed E-state index contributed by atoms with van der Waals surface area (Å²) >= 11 is 0. The third-order valence-corrected chi connectivity index (χ3v) is 2.29. The zero-order valence-corrected chi connectivity index (χ0v) is 10.6. The van der Waals surface area contributed by atoms with Gasteiger partial charge in [-0.3, -0.25) is 4.79 Å². The van der Waals surface area contributed by atoms with Crippen molar-refractivity contribution >= 4 is 11.9 Å². The molecule has 0 bridgehead atoms. The molecule has 110 valence electrons. The Hall–Kier alpha value is -2.45. The molecule has 0 aliphatic rings. The summed E-state index contributed by atoms with van der Waals surface area (Å²) in [4.78, 5) is 15.0. The lowest BCUT2D eigenvalue weighted by molar-refractivity contribution is -0.138. The number of methoxy groups -OCH3 is 2. The maximum Gasteiger partial charge on any atom is 0.419 e. The lowest BCUT2D eigenvalue weighted by Crippen LogP contribution is -2.24. The lowest BCUT2D eigenvalue weighted by Gasteiger charge is -2.16. The van der Waals surface area contributed by atoms with Crippen molar-refractivity contribution < 1.29 is 27.4 Å². The second-order valence-corrected chi connectivity index (χ2v) is 3.56. The first-order chi connectivity index (χ1) is 9.22. The van der Waals surface area contributed by atoms with Crippen LogP contribution in [0, 0.1) is 0 Å². The molecule has 1 aromatic carbocycles. The summed E-state index contributed by atoms with van der Waals surface area (Å²) in [5.41, 5.74) is 8.45. The number of nitrogens with zero attached hydrogens (tertiary/aromatic N) is 1. The van der Waals surface area contributed by atoms with Crippen LogP contribution in [0.3, 0.4) is 0 Å². The van der Waals surface area contributed by atoms with Crippen molar-refractivity contribution in [2.75, 3.05) is 14.2 Å². The predicted molar refractivity (Wildman–Crippen MR) is 64.7 cm³/mol. The number of hydrogen-bond donors (Lipinski definition) is 2. The molecule has 0 saturated heterocycles. The highest BCUT2D eigenvalue weighted by atomic mass is 19.4. The van der Waals surface area contributed by atoms with E-state index in [0.717, 1.165) is 19.2 Å². The maximum absolute atomic E-state index is 12.9. The molecule has 0 fully saturated rings. The van der Waals surface area contributed by atoms with E-state index in [1.54, 1.807) is 0 Å². The fraction of sp³-hybridized carbons (Fsp3) is 0.273. The molecule has 9 heteroatoms. The molecule has 1 amide bonds. The average Bonchev–Trinajstić information content (AvgIpc) is 2.34. The van der Waals surface area contributed by atoms with Crippen molar-refractivity contribution in [3.05, 3.63) is 23.3 Å². The Labute approximate surface area is 112 Å². The first-order valence-electron chi connectivity index (χ1n) is 5.18. The Morgan fingerprint density at radius 1 is 1.20 bits per heavy atom. The summed E-state index contributed by atoms with van der Waals surface area (Å²) in [6, 6.07) is 1.73. The Balaban J connectivity index is 3.61. The molecule has 4 N–H and O–H groups in total. The second-order valence-electron chi connectivity index (χ2n) is 3.56. The van der Waals surface area contributed by atoms with Crippen molar-refractivity contribution in [2.45, 2.75) is 6.18 Å². The van der Waals surface area contributed by atoms with Crippen molar-refractivity contribution in [3.63, 3.8) is 0 Å². The number of benzene rings is 1. The molecule has 0 radical (unpaired) electrons. The van der Waals surface area contributed by atoms with E-state index in [4.69, 9.17) is 16.2 Å². The number of guanidine groups is 1. The summed E-state index contributed by atoms with van der Waals surface area (Å²) in [7, 11) is 2.19. The number of nitrogens with two attached hydrogens (primary N) is 2. The number of alkyl halides is 3. The second kappa shape index (κ2) is 5.68. The Morgan fingerprint density at radius 3 is 2.20 bits per heavy atom. The van der Waals surface area contributed by atoms with E-state index in [9.17, 15) is 18.0 Å². The van der Waals surface area contributed by atoms with Crippen LogP contribution in [0.5, 0.6) is 11.5 Å². The lowest BCUT2D eigenvalue weighted by atomic mass is 10.1. The van der Waals surface area contributed by atoms with E-state index in [0.29, 0.717) is 0 Å². The summed E-state index contributed by atoms with van der Waals surface area (Å²) in [5.74, 6) is -2.52. The number of amides is 1. The Bertz CT molecular complexity index is 552. The fourth-order valence-electron chi connectivity index (χ4n) is 1.55. The fourth-order valence-corrected chi connectivity index (χ4v) is 1.55. The SMILES string of the molecule is COc1ccc(C(F)(F)F)c(OC)c1C(=O)N=C(N)N. The van der Waals surface area contributed by atoms with Crippen molar-refractivity contribution in [2.24, 2.45) is 16.5 Å². The first-order valence-corrected chi connectivity index (χ1v) is 5.18. The average molecular weight is 291 g/mol. The molecule has 0 heterocycles. The zero-order valence-electron chi connectivity index (χ0n) is 10.6. The van der Waals surface area contributed by atoms with Gasteiger partial charge in [0.2, 0.25) is 0 Å². The van der Waals surface area contributed by atoms with E-state index in [2.05, 4.69) is 9.73 Å². The standard InChI is InChI=1S/C11H12F3N3O3/c1-19-6-4-3-5(11(12,13)14)8(20-2)7(6)9(18)17-10(15)16/h3-4H,1-2H3,(H4,15,16,17,18). The van der Waals surface area contributed by atoms with Gasteiger partial charge in [-0.2, -0.15) is 18.2 Å². The van der Waals surface area contributed by atoms with Crippen LogP contribution >= 0.6 is 0 Å². The highest BCUT2D eigenvalue weighted by Crippen LogP contribution is 2.41. The monoisotopic (exact) mass is 291 g/mol. The number of rotatable bonds is 3. The van der Waals surface area contributed by atoms with Gasteiger partial charge in [0, 0.05) is 0 Å². The molecule has 1 aromatic rings. The third-order valence-electron chi connectivity index (χ3n) is 2.29. The van der Waals surface area contributed by atoms with Gasteiger partial charge in [0.05, 0.1) is 19.8 Å². The normalized spacial score (nSPS) is 10.8. The van der Waals surface area contributed by atoms with E-state index < -0.39 is 34.9 Å². The van der Waals surface area contributed by atoms with Crippen LogP contribution in [0.25, 0.3) is 0 Å². The molecule has 0 aromatic heterocycles. The molecule has 0 saturated carbocycles. The van der Waals surface area contributed by atoms with E-state index in [1.807, 2.05) is 0 Å². The minimum Gasteiger partial charge on any atom is -0.496 e. The van der Waals surface area contributed by atoms with Crippen LogP contribution < -0.4 is 20.9 Å². The minimum absolute atomic E-state index is 0.134. The van der Waals surface area contributed by atoms with Crippen molar-refractivity contribution in [1.82, 2.24) is 0 Å². The van der Waals surface area contributed by atoms with E-state index in [1.165, 1.54) is 7.11 Å². The largest absolute Gasteiger partial charge is 0.496 e. The van der Waals surface area contributed by atoms with Crippen LogP contribution in [0.15, 0.2) is 17.1 Å². The smallest absolute Gasteiger partial charge is 0.419 e. The Kier molecular flexibility index (Phi) is 4.43. The molecule has 0 atom stereocenters. The minimum atomic E-state index is -4.70. The number of carbonyl (C=O) groups is 1. The van der Waals surface area contributed by atoms with Gasteiger partial charge in [-0.05, 0) is 12.1 Å². The number of halogens is 3. The number of ether oxygens (including phenoxy) is 2. The molecular formula is C11H12F3N3O3. The number of hydrogen-bond acceptors (Lipinski definition) is 3. The van der Waals surface area contributed by atoms with E-state index >= 15 is 0 Å². The first kappa shape index (κ1) is 15.6. The van der Waals surface area contributed by atoms with Gasteiger partial charge >= 0.3 is 6.18 Å². The van der Waals surface area contributed by atoms with Crippen LogP contribution in [0.1, 0.15) is 15.9 Å². The van der Waals surface area contributed by atoms with Crippen molar-refractivity contribution in [3.8, 4) is 11.5 Å². The molecule has 0 aliphatic heterocycles. The molecule has 0 spiro atoms. The van der Waals surface area contributed by atoms with Gasteiger partial charge in [0.1, 0.15) is 17.1 Å². The molecule has 1 rings (SSSR count). The highest BCUT2D eigenvalue weighted by molar-refractivity contribution is 6.06. The molecule has 20 heavy (non-hydrogen) atoms. The Morgan fingerprint density at radius 2 is 1.80 bits per heavy atom. The summed E-state index contributed by atoms with van der Waals surface area (Å²) in [6.45, 7) is 0. The van der Waals surface area contributed by atoms with Crippen LogP contribution in [-0.4, -0.2) is 26.1 Å². The van der Waals surface area contributed by atoms with Gasteiger partial charge in [0.15, 0.2) is 5.96 Å². The summed E-state index contributed by atoms with van der Waals surface area (Å²) in [5, 5.41) is 0.